The fraction of sp³-hybridized carbons (Fsp3) is 0.640. The van der Waals surface area contributed by atoms with Gasteiger partial charge in [-0.1, -0.05) is 105 Å². The van der Waals surface area contributed by atoms with Gasteiger partial charge < -0.3 is 9.80 Å². The second kappa shape index (κ2) is 13.4. The topological polar surface area (TPSA) is 65.0 Å². The molecule has 8 heteroatoms. The minimum Gasteiger partial charge on any atom is -0.331 e. The molecule has 2 aliphatic heterocycles. The van der Waals surface area contributed by atoms with Gasteiger partial charge in [0.25, 0.3) is 5.91 Å². The molecule has 0 aliphatic carbocycles. The summed E-state index contributed by atoms with van der Waals surface area (Å²) in [4.78, 5) is 33.2. The van der Waals surface area contributed by atoms with Crippen LogP contribution in [0.15, 0.2) is 33.7 Å². The quantitative estimate of drug-likeness (QED) is 0.307. The number of nitrogens with zero attached hydrogens (tertiary/aromatic N) is 3. The van der Waals surface area contributed by atoms with Crippen LogP contribution >= 0.6 is 27.7 Å². The largest absolute Gasteiger partial charge is 0.331 e. The first-order valence-corrected chi connectivity index (χ1v) is 14.1. The Balaban J connectivity index is 1.50. The molecular weight excluding hydrogens is 500 g/mol. The zero-order valence-electron chi connectivity index (χ0n) is 19.9. The first kappa shape index (κ1) is 26.1. The fourth-order valence-corrected chi connectivity index (χ4v) is 5.88. The van der Waals surface area contributed by atoms with Crippen molar-refractivity contribution in [3.8, 4) is 0 Å². The summed E-state index contributed by atoms with van der Waals surface area (Å²) in [6.45, 7) is 2.84. The molecule has 2 unspecified atom stereocenters. The second-order valence-electron chi connectivity index (χ2n) is 8.96. The van der Waals surface area contributed by atoms with Crippen molar-refractivity contribution in [3.05, 3.63) is 34.3 Å². The standard InChI is InChI=1S/C25H37BrN4O2S/c1-3-4-5-6-7-8-9-10-11-12-16-33-25-27-22-21(23(31)28-24(32)29(22)2)30(25)18-19-14-13-15-20(26)17-19/h13-15,17,21-22H,3-12,16,18H2,1-2H3,(H,28,31,32). The van der Waals surface area contributed by atoms with Crippen molar-refractivity contribution in [3.63, 3.8) is 0 Å². The Morgan fingerprint density at radius 2 is 1.70 bits per heavy atom. The molecule has 0 radical (unpaired) electrons. The minimum absolute atomic E-state index is 0.267. The number of amidine groups is 1. The highest BCUT2D eigenvalue weighted by atomic mass is 79.9. The van der Waals surface area contributed by atoms with Crippen LogP contribution in [0.4, 0.5) is 4.79 Å². The molecule has 0 spiro atoms. The van der Waals surface area contributed by atoms with E-state index in [1.165, 1.54) is 62.7 Å². The van der Waals surface area contributed by atoms with Crippen LogP contribution in [-0.4, -0.2) is 51.9 Å². The Hall–Kier alpha value is -1.54. The highest BCUT2D eigenvalue weighted by Gasteiger charge is 2.48. The normalized spacial score (nSPS) is 20.2. The molecule has 0 bridgehead atoms. The highest BCUT2D eigenvalue weighted by Crippen LogP contribution is 2.31. The molecule has 1 aromatic carbocycles. The number of benzene rings is 1. The third-order valence-electron chi connectivity index (χ3n) is 6.29. The van der Waals surface area contributed by atoms with Crippen LogP contribution in [0.5, 0.6) is 0 Å². The molecule has 182 valence electrons. The van der Waals surface area contributed by atoms with E-state index < -0.39 is 12.2 Å². The van der Waals surface area contributed by atoms with E-state index in [0.717, 1.165) is 27.4 Å². The third-order valence-corrected chi connectivity index (χ3v) is 7.88. The summed E-state index contributed by atoms with van der Waals surface area (Å²) < 4.78 is 1.01. The molecule has 2 aliphatic rings. The van der Waals surface area contributed by atoms with Crippen LogP contribution in [0.2, 0.25) is 0 Å². The number of urea groups is 1. The Labute approximate surface area is 211 Å². The first-order valence-electron chi connectivity index (χ1n) is 12.3. The van der Waals surface area contributed by atoms with Crippen LogP contribution in [0.3, 0.4) is 0 Å². The van der Waals surface area contributed by atoms with E-state index in [1.54, 1.807) is 18.8 Å². The van der Waals surface area contributed by atoms with E-state index in [0.29, 0.717) is 6.54 Å². The summed E-state index contributed by atoms with van der Waals surface area (Å²) in [5, 5.41) is 3.33. The zero-order chi connectivity index (χ0) is 23.6. The second-order valence-corrected chi connectivity index (χ2v) is 10.9. The van der Waals surface area contributed by atoms with Gasteiger partial charge in [-0.15, -0.1) is 0 Å². The summed E-state index contributed by atoms with van der Waals surface area (Å²) in [7, 11) is 1.70. The Bertz CT molecular complexity index is 834. The smallest absolute Gasteiger partial charge is 0.325 e. The van der Waals surface area contributed by atoms with E-state index in [2.05, 4.69) is 45.2 Å². The maximum atomic E-state index is 12.7. The van der Waals surface area contributed by atoms with Crippen LogP contribution in [0, 0.1) is 0 Å². The number of halogens is 1. The number of rotatable bonds is 13. The van der Waals surface area contributed by atoms with Gasteiger partial charge in [0.05, 0.1) is 0 Å². The van der Waals surface area contributed by atoms with Crippen LogP contribution in [0.1, 0.15) is 76.7 Å². The number of hydrogen-bond donors (Lipinski definition) is 1. The number of likely N-dealkylation sites (N-methyl/N-ethyl adjacent to an activating group) is 1. The number of imide groups is 1. The van der Waals surface area contributed by atoms with E-state index in [1.807, 2.05) is 12.1 Å². The lowest BCUT2D eigenvalue weighted by Crippen LogP contribution is -2.63. The molecule has 0 aromatic heterocycles. The number of fused-ring (bicyclic) bond motifs is 1. The lowest BCUT2D eigenvalue weighted by molar-refractivity contribution is -0.127. The number of carbonyl (C=O) groups excluding carboxylic acids is 2. The van der Waals surface area contributed by atoms with Gasteiger partial charge in [-0.05, 0) is 24.1 Å². The highest BCUT2D eigenvalue weighted by molar-refractivity contribution is 9.10. The Morgan fingerprint density at radius 3 is 2.36 bits per heavy atom. The number of thioether (sulfide) groups is 1. The van der Waals surface area contributed by atoms with E-state index >= 15 is 0 Å². The van der Waals surface area contributed by atoms with Crippen LogP contribution < -0.4 is 5.32 Å². The summed E-state index contributed by atoms with van der Waals surface area (Å²) in [6.07, 6.45) is 12.7. The molecule has 33 heavy (non-hydrogen) atoms. The predicted octanol–water partition coefficient (Wildman–Crippen LogP) is 6.15. The third kappa shape index (κ3) is 7.47. The monoisotopic (exact) mass is 536 g/mol. The number of nitrogens with one attached hydrogen (secondary N) is 1. The lowest BCUT2D eigenvalue weighted by atomic mass is 10.1. The van der Waals surface area contributed by atoms with E-state index in [-0.39, 0.29) is 11.9 Å². The number of carbonyl (C=O) groups is 2. The number of hydrogen-bond acceptors (Lipinski definition) is 5. The van der Waals surface area contributed by atoms with Crippen molar-refractivity contribution in [2.75, 3.05) is 12.8 Å². The van der Waals surface area contributed by atoms with Crippen molar-refractivity contribution in [1.29, 1.82) is 0 Å². The van der Waals surface area contributed by atoms with Crippen LogP contribution in [-0.2, 0) is 11.3 Å². The lowest BCUT2D eigenvalue weighted by Gasteiger charge is -2.36. The molecule has 1 N–H and O–H groups in total. The number of unbranched alkanes of at least 4 members (excludes halogenated alkanes) is 9. The molecule has 1 fully saturated rings. The summed E-state index contributed by atoms with van der Waals surface area (Å²) in [5.41, 5.74) is 1.10. The maximum Gasteiger partial charge on any atom is 0.325 e. The van der Waals surface area contributed by atoms with Crippen molar-refractivity contribution < 1.29 is 9.59 Å². The molecule has 0 saturated carbocycles. The average molecular weight is 538 g/mol. The first-order chi connectivity index (χ1) is 16.0. The minimum atomic E-state index is -0.484. The summed E-state index contributed by atoms with van der Waals surface area (Å²) >= 11 is 5.24. The molecule has 1 saturated heterocycles. The number of amides is 3. The van der Waals surface area contributed by atoms with Crippen LogP contribution in [0.25, 0.3) is 0 Å². The van der Waals surface area contributed by atoms with E-state index in [4.69, 9.17) is 4.99 Å². The Kier molecular flexibility index (Phi) is 10.6. The predicted molar refractivity (Wildman–Crippen MR) is 140 cm³/mol. The van der Waals surface area contributed by atoms with Gasteiger partial charge in [0, 0.05) is 23.8 Å². The van der Waals surface area contributed by atoms with Gasteiger partial charge in [0.15, 0.2) is 17.4 Å². The number of aliphatic imine (C=N–C) groups is 1. The molecule has 1 aromatic rings. The molecule has 6 nitrogen and oxygen atoms in total. The van der Waals surface area contributed by atoms with Crippen molar-refractivity contribution in [2.24, 2.45) is 4.99 Å². The van der Waals surface area contributed by atoms with Gasteiger partial charge in [-0.25, -0.2) is 9.79 Å². The molecule has 3 rings (SSSR count). The Morgan fingerprint density at radius 1 is 1.03 bits per heavy atom. The van der Waals surface area contributed by atoms with Gasteiger partial charge in [0.2, 0.25) is 0 Å². The molecule has 2 heterocycles. The summed E-state index contributed by atoms with van der Waals surface area (Å²) in [5.74, 6) is 0.708. The molecule has 3 amide bonds. The molecular formula is C25H37BrN4O2S. The zero-order valence-corrected chi connectivity index (χ0v) is 22.3. The fourth-order valence-electron chi connectivity index (χ4n) is 4.37. The van der Waals surface area contributed by atoms with Crippen molar-refractivity contribution in [2.45, 2.75) is 89.9 Å². The van der Waals surface area contributed by atoms with Gasteiger partial charge in [0.1, 0.15) is 0 Å². The summed E-state index contributed by atoms with van der Waals surface area (Å²) in [6, 6.07) is 7.24. The molecule has 2 atom stereocenters. The SMILES string of the molecule is CCCCCCCCCCCCSC1=NC2C(C(=O)NC(=O)N2C)N1Cc1cccc(Br)c1. The van der Waals surface area contributed by atoms with E-state index in [9.17, 15) is 9.59 Å². The maximum absolute atomic E-state index is 12.7. The average Bonchev–Trinajstić information content (AvgIpc) is 3.14. The van der Waals surface area contributed by atoms with Gasteiger partial charge in [-0.3, -0.25) is 10.1 Å². The van der Waals surface area contributed by atoms with Crippen molar-refractivity contribution >= 4 is 44.8 Å². The van der Waals surface area contributed by atoms with Gasteiger partial charge in [-0.2, -0.15) is 0 Å². The van der Waals surface area contributed by atoms with Crippen molar-refractivity contribution in [1.82, 2.24) is 15.1 Å². The van der Waals surface area contributed by atoms with Gasteiger partial charge >= 0.3 is 6.03 Å².